The van der Waals surface area contributed by atoms with E-state index in [-0.39, 0.29) is 5.97 Å². The van der Waals surface area contributed by atoms with Crippen LogP contribution in [0.4, 0.5) is 4.79 Å². The summed E-state index contributed by atoms with van der Waals surface area (Å²) in [7, 11) is 0. The van der Waals surface area contributed by atoms with Crippen molar-refractivity contribution in [3.8, 4) is 5.75 Å². The van der Waals surface area contributed by atoms with Crippen molar-refractivity contribution in [3.63, 3.8) is 0 Å². The van der Waals surface area contributed by atoms with Gasteiger partial charge in [0.15, 0.2) is 0 Å². The Balaban J connectivity index is 2.11. The van der Waals surface area contributed by atoms with Gasteiger partial charge in [0.2, 0.25) is 0 Å². The highest BCUT2D eigenvalue weighted by Gasteiger charge is 2.21. The lowest BCUT2D eigenvalue weighted by Crippen LogP contribution is -2.14. The lowest BCUT2D eigenvalue weighted by molar-refractivity contribution is -0.144. The summed E-state index contributed by atoms with van der Waals surface area (Å²) in [5.74, 6) is -0.263. The zero-order valence-electron chi connectivity index (χ0n) is 13.0. The number of hydrogen-bond donors (Lipinski definition) is 0. The van der Waals surface area contributed by atoms with Crippen LogP contribution >= 0.6 is 11.8 Å². The highest BCUT2D eigenvalue weighted by atomic mass is 32.2. The minimum atomic E-state index is -0.445. The Morgan fingerprint density at radius 2 is 1.70 bits per heavy atom. The molecule has 0 aliphatic rings. The summed E-state index contributed by atoms with van der Waals surface area (Å²) < 4.78 is 10.3. The molecule has 120 valence electrons. The zero-order valence-corrected chi connectivity index (χ0v) is 13.8. The number of carbonyl (C=O) groups is 2. The maximum Gasteiger partial charge on any atom is 0.377 e. The van der Waals surface area contributed by atoms with Crippen molar-refractivity contribution in [1.29, 1.82) is 0 Å². The third-order valence-electron chi connectivity index (χ3n) is 3.16. The number of esters is 1. The van der Waals surface area contributed by atoms with E-state index in [0.717, 1.165) is 17.3 Å². The van der Waals surface area contributed by atoms with Gasteiger partial charge in [0.05, 0.1) is 12.5 Å². The van der Waals surface area contributed by atoms with Gasteiger partial charge in [-0.1, -0.05) is 36.4 Å². The molecule has 4 nitrogen and oxygen atoms in total. The Morgan fingerprint density at radius 3 is 2.39 bits per heavy atom. The van der Waals surface area contributed by atoms with Gasteiger partial charge in [-0.15, -0.1) is 0 Å². The van der Waals surface area contributed by atoms with Gasteiger partial charge in [-0.25, -0.2) is 4.79 Å². The van der Waals surface area contributed by atoms with Crippen molar-refractivity contribution in [1.82, 2.24) is 0 Å². The Kier molecular flexibility index (Phi) is 6.23. The standard InChI is InChI=1S/C18H18O4S/c1-3-21-17(19)13(2)15-11-7-8-12-16(15)23-18(20)22-14-9-5-4-6-10-14/h4-13H,3H2,1-2H3. The van der Waals surface area contributed by atoms with Gasteiger partial charge in [0, 0.05) is 4.90 Å². The molecular formula is C18H18O4S. The molecule has 0 heterocycles. The molecule has 2 rings (SSSR count). The molecule has 23 heavy (non-hydrogen) atoms. The monoisotopic (exact) mass is 330 g/mol. The molecule has 2 aromatic rings. The van der Waals surface area contributed by atoms with Gasteiger partial charge in [-0.3, -0.25) is 4.79 Å². The average Bonchev–Trinajstić information content (AvgIpc) is 2.56. The van der Waals surface area contributed by atoms with Crippen LogP contribution in [-0.4, -0.2) is 17.9 Å². The summed E-state index contributed by atoms with van der Waals surface area (Å²) in [6.45, 7) is 3.86. The summed E-state index contributed by atoms with van der Waals surface area (Å²) in [5.41, 5.74) is 0.751. The van der Waals surface area contributed by atoms with Crippen LogP contribution in [0.25, 0.3) is 0 Å². The summed E-state index contributed by atoms with van der Waals surface area (Å²) in [5, 5.41) is -0.445. The number of carbonyl (C=O) groups excluding carboxylic acids is 2. The van der Waals surface area contributed by atoms with Crippen LogP contribution in [0, 0.1) is 0 Å². The minimum Gasteiger partial charge on any atom is -0.466 e. The SMILES string of the molecule is CCOC(=O)C(C)c1ccccc1SC(=O)Oc1ccccc1. The highest BCUT2D eigenvalue weighted by Crippen LogP contribution is 2.31. The number of benzene rings is 2. The minimum absolute atomic E-state index is 0.308. The largest absolute Gasteiger partial charge is 0.466 e. The van der Waals surface area contributed by atoms with Crippen LogP contribution in [0.3, 0.4) is 0 Å². The molecule has 0 aliphatic heterocycles. The van der Waals surface area contributed by atoms with Gasteiger partial charge in [-0.2, -0.15) is 0 Å². The number of para-hydroxylation sites is 1. The van der Waals surface area contributed by atoms with Gasteiger partial charge in [0.1, 0.15) is 5.75 Å². The Hall–Kier alpha value is -2.27. The van der Waals surface area contributed by atoms with Gasteiger partial charge in [-0.05, 0) is 49.4 Å². The second-order valence-electron chi connectivity index (χ2n) is 4.78. The van der Waals surface area contributed by atoms with E-state index in [0.29, 0.717) is 17.3 Å². The van der Waals surface area contributed by atoms with E-state index in [9.17, 15) is 9.59 Å². The van der Waals surface area contributed by atoms with E-state index in [4.69, 9.17) is 9.47 Å². The van der Waals surface area contributed by atoms with Gasteiger partial charge >= 0.3 is 11.3 Å². The molecular weight excluding hydrogens is 312 g/mol. The molecule has 0 saturated heterocycles. The molecule has 5 heteroatoms. The van der Waals surface area contributed by atoms with Crippen molar-refractivity contribution < 1.29 is 19.1 Å². The van der Waals surface area contributed by atoms with E-state index in [1.807, 2.05) is 24.3 Å². The lowest BCUT2D eigenvalue weighted by atomic mass is 10.0. The summed E-state index contributed by atoms with van der Waals surface area (Å²) in [6.07, 6.45) is 0. The number of hydrogen-bond acceptors (Lipinski definition) is 5. The van der Waals surface area contributed by atoms with Crippen LogP contribution < -0.4 is 4.74 Å². The Morgan fingerprint density at radius 1 is 1.04 bits per heavy atom. The summed E-state index contributed by atoms with van der Waals surface area (Å²) in [6, 6.07) is 16.1. The first kappa shape index (κ1) is 17.1. The van der Waals surface area contributed by atoms with E-state index in [1.54, 1.807) is 44.2 Å². The second-order valence-corrected chi connectivity index (χ2v) is 5.76. The lowest BCUT2D eigenvalue weighted by Gasteiger charge is -2.14. The molecule has 0 amide bonds. The predicted molar refractivity (Wildman–Crippen MR) is 89.8 cm³/mol. The molecule has 0 aromatic heterocycles. The quantitative estimate of drug-likeness (QED) is 0.590. The molecule has 0 spiro atoms. The van der Waals surface area contributed by atoms with E-state index in [1.165, 1.54) is 0 Å². The third-order valence-corrected chi connectivity index (χ3v) is 4.01. The molecule has 0 radical (unpaired) electrons. The van der Waals surface area contributed by atoms with Gasteiger partial charge in [0.25, 0.3) is 0 Å². The molecule has 0 saturated carbocycles. The van der Waals surface area contributed by atoms with Gasteiger partial charge < -0.3 is 9.47 Å². The molecule has 1 unspecified atom stereocenters. The first-order valence-corrected chi connectivity index (χ1v) is 8.13. The molecule has 2 aromatic carbocycles. The second kappa shape index (κ2) is 8.39. The normalized spacial score (nSPS) is 11.6. The fourth-order valence-electron chi connectivity index (χ4n) is 2.02. The number of rotatable bonds is 5. The van der Waals surface area contributed by atoms with Crippen LogP contribution in [0.2, 0.25) is 0 Å². The van der Waals surface area contributed by atoms with Crippen LogP contribution in [-0.2, 0) is 9.53 Å². The summed E-state index contributed by atoms with van der Waals surface area (Å²) in [4.78, 5) is 24.7. The third kappa shape index (κ3) is 4.86. The van der Waals surface area contributed by atoms with Crippen molar-refractivity contribution in [2.45, 2.75) is 24.7 Å². The zero-order chi connectivity index (χ0) is 16.7. The fraction of sp³-hybridized carbons (Fsp3) is 0.222. The molecule has 0 fully saturated rings. The molecule has 0 aliphatic carbocycles. The fourth-order valence-corrected chi connectivity index (χ4v) is 2.85. The average molecular weight is 330 g/mol. The molecule has 0 N–H and O–H groups in total. The predicted octanol–water partition coefficient (Wildman–Crippen LogP) is 4.64. The van der Waals surface area contributed by atoms with E-state index >= 15 is 0 Å². The Bertz CT molecular complexity index is 670. The topological polar surface area (TPSA) is 52.6 Å². The van der Waals surface area contributed by atoms with Crippen LogP contribution in [0.5, 0.6) is 5.75 Å². The van der Waals surface area contributed by atoms with Crippen LogP contribution in [0.15, 0.2) is 59.5 Å². The van der Waals surface area contributed by atoms with E-state index < -0.39 is 11.2 Å². The van der Waals surface area contributed by atoms with E-state index in [2.05, 4.69) is 0 Å². The molecule has 0 bridgehead atoms. The number of ether oxygens (including phenoxy) is 2. The smallest absolute Gasteiger partial charge is 0.377 e. The first-order valence-electron chi connectivity index (χ1n) is 7.32. The Labute approximate surface area is 139 Å². The van der Waals surface area contributed by atoms with Crippen LogP contribution in [0.1, 0.15) is 25.3 Å². The van der Waals surface area contributed by atoms with Crippen molar-refractivity contribution in [3.05, 3.63) is 60.2 Å². The highest BCUT2D eigenvalue weighted by molar-refractivity contribution is 8.13. The molecule has 1 atom stereocenters. The maximum absolute atomic E-state index is 12.1. The maximum atomic E-state index is 12.1. The summed E-state index contributed by atoms with van der Waals surface area (Å²) >= 11 is 0.960. The van der Waals surface area contributed by atoms with Crippen molar-refractivity contribution in [2.75, 3.05) is 6.61 Å². The van der Waals surface area contributed by atoms with Crippen molar-refractivity contribution >= 4 is 23.0 Å². The first-order chi connectivity index (χ1) is 11.1. The van der Waals surface area contributed by atoms with Crippen molar-refractivity contribution in [2.24, 2.45) is 0 Å². The number of thioether (sulfide) groups is 1.